The molecular formula is C11H13NO2. The van der Waals surface area contributed by atoms with Crippen LogP contribution in [0.5, 0.6) is 5.88 Å². The summed E-state index contributed by atoms with van der Waals surface area (Å²) in [5, 5.41) is 0. The molecule has 0 saturated heterocycles. The fraction of sp³-hybridized carbons (Fsp3) is 0.273. The number of ether oxygens (including phenoxy) is 1. The SMILES string of the molecule is CC(C)Oc1cccc(/C=C/C=O)n1. The maximum atomic E-state index is 10.1. The van der Waals surface area contributed by atoms with E-state index in [-0.39, 0.29) is 6.10 Å². The highest BCUT2D eigenvalue weighted by Crippen LogP contribution is 2.10. The van der Waals surface area contributed by atoms with Gasteiger partial charge in [0.05, 0.1) is 11.8 Å². The molecule has 0 radical (unpaired) electrons. The molecule has 1 aromatic heterocycles. The number of allylic oxidation sites excluding steroid dienone is 1. The van der Waals surface area contributed by atoms with Gasteiger partial charge in [-0.2, -0.15) is 0 Å². The maximum absolute atomic E-state index is 10.1. The second-order valence-electron chi connectivity index (χ2n) is 3.06. The second kappa shape index (κ2) is 5.17. The largest absolute Gasteiger partial charge is 0.475 e. The molecule has 3 nitrogen and oxygen atoms in total. The van der Waals surface area contributed by atoms with Crippen molar-refractivity contribution >= 4 is 12.4 Å². The number of hydrogen-bond donors (Lipinski definition) is 0. The number of aldehydes is 1. The minimum atomic E-state index is 0.104. The predicted molar refractivity (Wildman–Crippen MR) is 55.1 cm³/mol. The van der Waals surface area contributed by atoms with Crippen molar-refractivity contribution in [1.82, 2.24) is 4.98 Å². The van der Waals surface area contributed by atoms with Gasteiger partial charge in [0, 0.05) is 6.07 Å². The number of hydrogen-bond acceptors (Lipinski definition) is 3. The van der Waals surface area contributed by atoms with E-state index in [2.05, 4.69) is 4.98 Å². The normalized spacial score (nSPS) is 10.8. The summed E-state index contributed by atoms with van der Waals surface area (Å²) < 4.78 is 5.40. The van der Waals surface area contributed by atoms with Crippen LogP contribution in [0.4, 0.5) is 0 Å². The summed E-state index contributed by atoms with van der Waals surface area (Å²) in [7, 11) is 0. The zero-order chi connectivity index (χ0) is 10.4. The van der Waals surface area contributed by atoms with Crippen molar-refractivity contribution in [1.29, 1.82) is 0 Å². The summed E-state index contributed by atoms with van der Waals surface area (Å²) >= 11 is 0. The molecule has 0 spiro atoms. The van der Waals surface area contributed by atoms with Gasteiger partial charge in [0.1, 0.15) is 6.29 Å². The van der Waals surface area contributed by atoms with Crippen molar-refractivity contribution in [3.8, 4) is 5.88 Å². The van der Waals surface area contributed by atoms with Gasteiger partial charge in [0.2, 0.25) is 5.88 Å². The molecule has 0 aliphatic rings. The molecule has 0 aromatic carbocycles. The molecule has 0 fully saturated rings. The first-order chi connectivity index (χ1) is 6.72. The van der Waals surface area contributed by atoms with Gasteiger partial charge in [0.15, 0.2) is 0 Å². The van der Waals surface area contributed by atoms with Crippen LogP contribution in [-0.2, 0) is 4.79 Å². The average Bonchev–Trinajstić information content (AvgIpc) is 2.14. The zero-order valence-electron chi connectivity index (χ0n) is 8.31. The van der Waals surface area contributed by atoms with Gasteiger partial charge in [-0.3, -0.25) is 4.79 Å². The first-order valence-electron chi connectivity index (χ1n) is 4.48. The number of carbonyl (C=O) groups excluding carboxylic acids is 1. The van der Waals surface area contributed by atoms with E-state index in [1.165, 1.54) is 6.08 Å². The van der Waals surface area contributed by atoms with E-state index in [1.54, 1.807) is 12.1 Å². The summed E-state index contributed by atoms with van der Waals surface area (Å²) in [4.78, 5) is 14.3. The van der Waals surface area contributed by atoms with Crippen LogP contribution in [0.3, 0.4) is 0 Å². The third-order valence-corrected chi connectivity index (χ3v) is 1.45. The molecule has 0 atom stereocenters. The molecule has 0 amide bonds. The molecule has 14 heavy (non-hydrogen) atoms. The van der Waals surface area contributed by atoms with E-state index in [1.807, 2.05) is 26.0 Å². The highest BCUT2D eigenvalue weighted by Gasteiger charge is 1.98. The Morgan fingerprint density at radius 3 is 2.86 bits per heavy atom. The van der Waals surface area contributed by atoms with Crippen LogP contribution in [0.1, 0.15) is 19.5 Å². The highest BCUT2D eigenvalue weighted by molar-refractivity contribution is 5.72. The van der Waals surface area contributed by atoms with E-state index in [9.17, 15) is 4.79 Å². The lowest BCUT2D eigenvalue weighted by atomic mass is 10.3. The van der Waals surface area contributed by atoms with E-state index < -0.39 is 0 Å². The summed E-state index contributed by atoms with van der Waals surface area (Å²) in [5.74, 6) is 0.577. The van der Waals surface area contributed by atoms with Crippen molar-refractivity contribution in [2.24, 2.45) is 0 Å². The summed E-state index contributed by atoms with van der Waals surface area (Å²) in [6.45, 7) is 3.88. The van der Waals surface area contributed by atoms with Crippen molar-refractivity contribution in [3.05, 3.63) is 30.0 Å². The Balaban J connectivity index is 2.78. The Morgan fingerprint density at radius 2 is 2.21 bits per heavy atom. The van der Waals surface area contributed by atoms with Crippen LogP contribution < -0.4 is 4.74 Å². The minimum Gasteiger partial charge on any atom is -0.475 e. The Morgan fingerprint density at radius 1 is 1.43 bits per heavy atom. The van der Waals surface area contributed by atoms with E-state index >= 15 is 0 Å². The summed E-state index contributed by atoms with van der Waals surface area (Å²) in [6, 6.07) is 5.45. The van der Waals surface area contributed by atoms with Crippen LogP contribution in [0, 0.1) is 0 Å². The lowest BCUT2D eigenvalue weighted by molar-refractivity contribution is -0.104. The van der Waals surface area contributed by atoms with Gasteiger partial charge in [-0.25, -0.2) is 4.98 Å². The third-order valence-electron chi connectivity index (χ3n) is 1.45. The van der Waals surface area contributed by atoms with Crippen molar-refractivity contribution in [3.63, 3.8) is 0 Å². The average molecular weight is 191 g/mol. The van der Waals surface area contributed by atoms with Crippen molar-refractivity contribution in [2.75, 3.05) is 0 Å². The van der Waals surface area contributed by atoms with Gasteiger partial charge >= 0.3 is 0 Å². The summed E-state index contributed by atoms with van der Waals surface area (Å²) in [5.41, 5.74) is 0.718. The topological polar surface area (TPSA) is 39.2 Å². The Bertz CT molecular complexity index is 332. The van der Waals surface area contributed by atoms with Gasteiger partial charge < -0.3 is 4.74 Å². The number of carbonyl (C=O) groups is 1. The Labute approximate surface area is 83.4 Å². The first-order valence-corrected chi connectivity index (χ1v) is 4.48. The Hall–Kier alpha value is -1.64. The van der Waals surface area contributed by atoms with Gasteiger partial charge in [-0.15, -0.1) is 0 Å². The van der Waals surface area contributed by atoms with Crippen LogP contribution in [0.15, 0.2) is 24.3 Å². The van der Waals surface area contributed by atoms with Gasteiger partial charge in [0.25, 0.3) is 0 Å². The smallest absolute Gasteiger partial charge is 0.213 e. The van der Waals surface area contributed by atoms with E-state index in [0.717, 1.165) is 12.0 Å². The van der Waals surface area contributed by atoms with Gasteiger partial charge in [-0.1, -0.05) is 6.07 Å². The molecule has 3 heteroatoms. The quantitative estimate of drug-likeness (QED) is 0.540. The second-order valence-corrected chi connectivity index (χ2v) is 3.06. The molecule has 1 heterocycles. The lowest BCUT2D eigenvalue weighted by Crippen LogP contribution is -2.06. The Kier molecular flexibility index (Phi) is 3.85. The van der Waals surface area contributed by atoms with Gasteiger partial charge in [-0.05, 0) is 32.1 Å². The zero-order valence-corrected chi connectivity index (χ0v) is 8.31. The lowest BCUT2D eigenvalue weighted by Gasteiger charge is -2.08. The molecule has 0 aliphatic heterocycles. The first kappa shape index (κ1) is 10.4. The standard InChI is InChI=1S/C11H13NO2/c1-9(2)14-11-7-3-5-10(12-11)6-4-8-13/h3-9H,1-2H3/b6-4+. The minimum absolute atomic E-state index is 0.104. The number of pyridine rings is 1. The number of rotatable bonds is 4. The van der Waals surface area contributed by atoms with Crippen molar-refractivity contribution in [2.45, 2.75) is 20.0 Å². The van der Waals surface area contributed by atoms with Crippen molar-refractivity contribution < 1.29 is 9.53 Å². The molecule has 1 rings (SSSR count). The predicted octanol–water partition coefficient (Wildman–Crippen LogP) is 2.08. The van der Waals surface area contributed by atoms with Crippen LogP contribution >= 0.6 is 0 Å². The fourth-order valence-corrected chi connectivity index (χ4v) is 0.969. The van der Waals surface area contributed by atoms with Crippen LogP contribution in [0.25, 0.3) is 6.08 Å². The van der Waals surface area contributed by atoms with E-state index in [4.69, 9.17) is 4.74 Å². The third kappa shape index (κ3) is 3.39. The molecule has 0 unspecified atom stereocenters. The van der Waals surface area contributed by atoms with Crippen LogP contribution in [-0.4, -0.2) is 17.4 Å². The molecule has 74 valence electrons. The molecule has 1 aromatic rings. The summed E-state index contributed by atoms with van der Waals surface area (Å²) in [6.07, 6.45) is 3.87. The number of nitrogens with zero attached hydrogens (tertiary/aromatic N) is 1. The molecular weight excluding hydrogens is 178 g/mol. The molecule has 0 bridgehead atoms. The fourth-order valence-electron chi connectivity index (χ4n) is 0.969. The highest BCUT2D eigenvalue weighted by atomic mass is 16.5. The molecule has 0 saturated carbocycles. The molecule has 0 aliphatic carbocycles. The maximum Gasteiger partial charge on any atom is 0.213 e. The number of aromatic nitrogens is 1. The van der Waals surface area contributed by atoms with Crippen LogP contribution in [0.2, 0.25) is 0 Å². The van der Waals surface area contributed by atoms with E-state index in [0.29, 0.717) is 5.88 Å². The monoisotopic (exact) mass is 191 g/mol. The molecule has 0 N–H and O–H groups in total.